The first-order chi connectivity index (χ1) is 8.86. The van der Waals surface area contributed by atoms with E-state index in [1.54, 1.807) is 18.0 Å². The van der Waals surface area contributed by atoms with Gasteiger partial charge in [-0.05, 0) is 23.8 Å². The minimum absolute atomic E-state index is 0.828. The summed E-state index contributed by atoms with van der Waals surface area (Å²) in [4.78, 5) is 5.22. The number of hydrogen-bond donors (Lipinski definition) is 1. The Kier molecular flexibility index (Phi) is 5.52. The molecule has 0 aliphatic carbocycles. The lowest BCUT2D eigenvalue weighted by atomic mass is 10.3. The molecule has 2 nitrogen and oxygen atoms in total. The van der Waals surface area contributed by atoms with Crippen LogP contribution < -0.4 is 5.32 Å². The van der Waals surface area contributed by atoms with Gasteiger partial charge in [-0.25, -0.2) is 0 Å². The molecule has 4 heteroatoms. The Bertz CT molecular complexity index is 476. The zero-order chi connectivity index (χ0) is 12.6. The van der Waals surface area contributed by atoms with E-state index >= 15 is 0 Å². The van der Waals surface area contributed by atoms with Crippen molar-refractivity contribution < 1.29 is 0 Å². The fraction of sp³-hybridized carbons (Fsp3) is 0.214. The predicted molar refractivity (Wildman–Crippen MR) is 78.1 cm³/mol. The van der Waals surface area contributed by atoms with Crippen molar-refractivity contribution in [2.75, 3.05) is 12.3 Å². The number of nitrogens with one attached hydrogen (secondary N) is 1. The number of nitrogens with zero attached hydrogens (tertiary/aromatic N) is 1. The average Bonchev–Trinajstić information content (AvgIpc) is 2.42. The van der Waals surface area contributed by atoms with Gasteiger partial charge < -0.3 is 5.32 Å². The summed E-state index contributed by atoms with van der Waals surface area (Å²) in [5, 5.41) is 4.22. The molecule has 1 aromatic heterocycles. The van der Waals surface area contributed by atoms with Gasteiger partial charge in [0.1, 0.15) is 0 Å². The third kappa shape index (κ3) is 4.33. The highest BCUT2D eigenvalue weighted by Gasteiger charge is 1.98. The first-order valence-electron chi connectivity index (χ1n) is 5.83. The van der Waals surface area contributed by atoms with Crippen molar-refractivity contribution in [3.8, 4) is 0 Å². The molecule has 0 bridgehead atoms. The molecule has 0 atom stereocenters. The summed E-state index contributed by atoms with van der Waals surface area (Å²) in [6, 6.07) is 12.0. The van der Waals surface area contributed by atoms with Gasteiger partial charge in [-0.1, -0.05) is 29.8 Å². The van der Waals surface area contributed by atoms with Crippen molar-refractivity contribution in [1.29, 1.82) is 0 Å². The summed E-state index contributed by atoms with van der Waals surface area (Å²) in [7, 11) is 0. The zero-order valence-corrected chi connectivity index (χ0v) is 11.5. The van der Waals surface area contributed by atoms with Crippen molar-refractivity contribution in [3.63, 3.8) is 0 Å². The first kappa shape index (κ1) is 13.4. The van der Waals surface area contributed by atoms with Crippen molar-refractivity contribution in [3.05, 3.63) is 59.4 Å². The van der Waals surface area contributed by atoms with E-state index in [1.807, 2.05) is 36.5 Å². The quantitative estimate of drug-likeness (QED) is 0.645. The molecule has 0 fully saturated rings. The lowest BCUT2D eigenvalue weighted by Gasteiger charge is -2.05. The fourth-order valence-corrected chi connectivity index (χ4v) is 2.68. The maximum absolute atomic E-state index is 6.08. The molecule has 0 amide bonds. The van der Waals surface area contributed by atoms with Crippen LogP contribution in [-0.4, -0.2) is 17.3 Å². The van der Waals surface area contributed by atoms with Crippen LogP contribution in [-0.2, 0) is 6.54 Å². The van der Waals surface area contributed by atoms with Gasteiger partial charge in [-0.3, -0.25) is 4.98 Å². The molecule has 94 valence electrons. The maximum atomic E-state index is 6.08. The van der Waals surface area contributed by atoms with Crippen LogP contribution in [0.5, 0.6) is 0 Å². The van der Waals surface area contributed by atoms with Crippen LogP contribution >= 0.6 is 23.4 Å². The van der Waals surface area contributed by atoms with E-state index in [0.29, 0.717) is 0 Å². The van der Waals surface area contributed by atoms with E-state index in [9.17, 15) is 0 Å². The summed E-state index contributed by atoms with van der Waals surface area (Å²) in [6.45, 7) is 1.81. The lowest BCUT2D eigenvalue weighted by molar-refractivity contribution is 0.729. The molecule has 2 aromatic rings. The Hall–Kier alpha value is -1.03. The van der Waals surface area contributed by atoms with Crippen molar-refractivity contribution in [2.45, 2.75) is 11.4 Å². The minimum atomic E-state index is 0.828. The molecule has 18 heavy (non-hydrogen) atoms. The van der Waals surface area contributed by atoms with E-state index in [-0.39, 0.29) is 0 Å². The highest BCUT2D eigenvalue weighted by Crippen LogP contribution is 2.25. The van der Waals surface area contributed by atoms with Crippen LogP contribution in [0.4, 0.5) is 0 Å². The SMILES string of the molecule is Clc1ccccc1SCCNCc1cccnc1. The maximum Gasteiger partial charge on any atom is 0.0541 e. The summed E-state index contributed by atoms with van der Waals surface area (Å²) in [5.74, 6) is 1.00. The van der Waals surface area contributed by atoms with Gasteiger partial charge in [0.25, 0.3) is 0 Å². The van der Waals surface area contributed by atoms with Crippen molar-refractivity contribution in [1.82, 2.24) is 10.3 Å². The lowest BCUT2D eigenvalue weighted by Crippen LogP contribution is -2.16. The molecule has 0 aliphatic heterocycles. The van der Waals surface area contributed by atoms with Gasteiger partial charge in [0.15, 0.2) is 0 Å². The average molecular weight is 279 g/mol. The molecule has 2 rings (SSSR count). The van der Waals surface area contributed by atoms with Gasteiger partial charge in [-0.15, -0.1) is 11.8 Å². The Morgan fingerprint density at radius 1 is 1.17 bits per heavy atom. The largest absolute Gasteiger partial charge is 0.312 e. The second-order valence-corrected chi connectivity index (χ2v) is 5.36. The van der Waals surface area contributed by atoms with Gasteiger partial charge in [0.2, 0.25) is 0 Å². The Balaban J connectivity index is 1.66. The summed E-state index contributed by atoms with van der Waals surface area (Å²) in [5.41, 5.74) is 1.21. The molecule has 0 unspecified atom stereocenters. The highest BCUT2D eigenvalue weighted by atomic mass is 35.5. The van der Waals surface area contributed by atoms with E-state index in [1.165, 1.54) is 5.56 Å². The van der Waals surface area contributed by atoms with Crippen LogP contribution in [0.15, 0.2) is 53.7 Å². The smallest absolute Gasteiger partial charge is 0.0541 e. The standard InChI is InChI=1S/C14H15ClN2S/c15-13-5-1-2-6-14(13)18-9-8-17-11-12-4-3-7-16-10-12/h1-7,10,17H,8-9,11H2. The van der Waals surface area contributed by atoms with E-state index in [0.717, 1.165) is 28.8 Å². The number of hydrogen-bond acceptors (Lipinski definition) is 3. The molecular formula is C14H15ClN2S. The Labute approximate surface area is 117 Å². The molecule has 1 heterocycles. The summed E-state index contributed by atoms with van der Waals surface area (Å²) < 4.78 is 0. The molecule has 0 radical (unpaired) electrons. The zero-order valence-electron chi connectivity index (χ0n) is 9.97. The number of rotatable bonds is 6. The Morgan fingerprint density at radius 2 is 2.06 bits per heavy atom. The van der Waals surface area contributed by atoms with Crippen molar-refractivity contribution >= 4 is 23.4 Å². The van der Waals surface area contributed by atoms with Crippen LogP contribution in [0.3, 0.4) is 0 Å². The van der Waals surface area contributed by atoms with E-state index < -0.39 is 0 Å². The van der Waals surface area contributed by atoms with Gasteiger partial charge >= 0.3 is 0 Å². The summed E-state index contributed by atoms with van der Waals surface area (Å²) in [6.07, 6.45) is 3.67. The predicted octanol–water partition coefficient (Wildman–Crippen LogP) is 3.62. The normalized spacial score (nSPS) is 10.5. The number of benzene rings is 1. The molecule has 1 aromatic carbocycles. The number of halogens is 1. The molecule has 0 saturated carbocycles. The van der Waals surface area contributed by atoms with Gasteiger partial charge in [0.05, 0.1) is 5.02 Å². The van der Waals surface area contributed by atoms with Gasteiger partial charge in [-0.2, -0.15) is 0 Å². The topological polar surface area (TPSA) is 24.9 Å². The molecule has 0 saturated heterocycles. The number of pyridine rings is 1. The number of aromatic nitrogens is 1. The van der Waals surface area contributed by atoms with Crippen LogP contribution in [0, 0.1) is 0 Å². The van der Waals surface area contributed by atoms with Crippen LogP contribution in [0.25, 0.3) is 0 Å². The van der Waals surface area contributed by atoms with Crippen LogP contribution in [0.1, 0.15) is 5.56 Å². The molecule has 1 N–H and O–H groups in total. The molecule has 0 aliphatic rings. The second kappa shape index (κ2) is 7.41. The van der Waals surface area contributed by atoms with E-state index in [2.05, 4.69) is 16.4 Å². The molecule has 0 spiro atoms. The van der Waals surface area contributed by atoms with Gasteiger partial charge in [0, 0.05) is 36.1 Å². The highest BCUT2D eigenvalue weighted by molar-refractivity contribution is 7.99. The third-order valence-electron chi connectivity index (χ3n) is 2.42. The number of thioether (sulfide) groups is 1. The monoisotopic (exact) mass is 278 g/mol. The first-order valence-corrected chi connectivity index (χ1v) is 7.19. The Morgan fingerprint density at radius 3 is 2.83 bits per heavy atom. The second-order valence-electron chi connectivity index (χ2n) is 3.82. The summed E-state index contributed by atoms with van der Waals surface area (Å²) >= 11 is 7.86. The fourth-order valence-electron chi connectivity index (χ4n) is 1.53. The van der Waals surface area contributed by atoms with E-state index in [4.69, 9.17) is 11.6 Å². The third-order valence-corrected chi connectivity index (χ3v) is 3.94. The van der Waals surface area contributed by atoms with Crippen molar-refractivity contribution in [2.24, 2.45) is 0 Å². The minimum Gasteiger partial charge on any atom is -0.312 e. The van der Waals surface area contributed by atoms with Crippen LogP contribution in [0.2, 0.25) is 5.02 Å². The molecular weight excluding hydrogens is 264 g/mol.